The normalized spacial score (nSPS) is 18.5. The molecule has 0 atom stereocenters. The number of rotatable bonds is 3. The first-order chi connectivity index (χ1) is 8.37. The minimum absolute atomic E-state index is 0.0250. The Bertz CT molecular complexity index is 302. The van der Waals surface area contributed by atoms with Crippen LogP contribution in [0.3, 0.4) is 0 Å². The van der Waals surface area contributed by atoms with Crippen LogP contribution in [0.15, 0.2) is 4.99 Å². The molecule has 0 aromatic rings. The lowest BCUT2D eigenvalue weighted by Gasteiger charge is -2.23. The molecular formula is C13H25N3O2. The second-order valence-electron chi connectivity index (χ2n) is 5.77. The molecule has 0 saturated heterocycles. The number of hydrogen-bond acceptors (Lipinski definition) is 3. The SMILES string of the molecule is CC(C)(C)OC(=O)CN=C(N)NC1CCCCC1. The molecule has 1 aliphatic rings. The van der Waals surface area contributed by atoms with E-state index in [-0.39, 0.29) is 12.5 Å². The Balaban J connectivity index is 2.30. The van der Waals surface area contributed by atoms with Crippen LogP contribution in [0.5, 0.6) is 0 Å². The van der Waals surface area contributed by atoms with E-state index in [4.69, 9.17) is 10.5 Å². The molecule has 0 spiro atoms. The van der Waals surface area contributed by atoms with Crippen LogP contribution < -0.4 is 11.1 Å². The summed E-state index contributed by atoms with van der Waals surface area (Å²) < 4.78 is 5.15. The Morgan fingerprint density at radius 2 is 1.94 bits per heavy atom. The minimum Gasteiger partial charge on any atom is -0.459 e. The molecule has 0 aromatic carbocycles. The molecule has 1 aliphatic carbocycles. The van der Waals surface area contributed by atoms with Gasteiger partial charge < -0.3 is 15.8 Å². The number of nitrogens with zero attached hydrogens (tertiary/aromatic N) is 1. The molecule has 1 fully saturated rings. The number of carbonyl (C=O) groups excluding carboxylic acids is 1. The van der Waals surface area contributed by atoms with Crippen molar-refractivity contribution < 1.29 is 9.53 Å². The number of nitrogens with one attached hydrogen (secondary N) is 1. The Labute approximate surface area is 109 Å². The number of hydrogen-bond donors (Lipinski definition) is 2. The fraction of sp³-hybridized carbons (Fsp3) is 0.846. The van der Waals surface area contributed by atoms with Gasteiger partial charge in [0.1, 0.15) is 12.1 Å². The van der Waals surface area contributed by atoms with Gasteiger partial charge in [0, 0.05) is 6.04 Å². The molecular weight excluding hydrogens is 230 g/mol. The number of ether oxygens (including phenoxy) is 1. The quantitative estimate of drug-likeness (QED) is 0.456. The van der Waals surface area contributed by atoms with Gasteiger partial charge in [0.2, 0.25) is 0 Å². The summed E-state index contributed by atoms with van der Waals surface area (Å²) in [6.45, 7) is 5.47. The largest absolute Gasteiger partial charge is 0.459 e. The maximum Gasteiger partial charge on any atom is 0.328 e. The van der Waals surface area contributed by atoms with E-state index >= 15 is 0 Å². The highest BCUT2D eigenvalue weighted by atomic mass is 16.6. The van der Waals surface area contributed by atoms with E-state index < -0.39 is 5.60 Å². The van der Waals surface area contributed by atoms with Crippen molar-refractivity contribution in [2.24, 2.45) is 10.7 Å². The van der Waals surface area contributed by atoms with Gasteiger partial charge in [-0.25, -0.2) is 4.99 Å². The van der Waals surface area contributed by atoms with Crippen LogP contribution in [0.2, 0.25) is 0 Å². The summed E-state index contributed by atoms with van der Waals surface area (Å²) in [6, 6.07) is 0.404. The molecule has 1 rings (SSSR count). The average molecular weight is 255 g/mol. The van der Waals surface area contributed by atoms with Crippen molar-refractivity contribution in [3.63, 3.8) is 0 Å². The molecule has 5 nitrogen and oxygen atoms in total. The smallest absolute Gasteiger partial charge is 0.328 e. The Morgan fingerprint density at radius 3 is 2.50 bits per heavy atom. The predicted molar refractivity (Wildman–Crippen MR) is 72.3 cm³/mol. The van der Waals surface area contributed by atoms with Crippen LogP contribution >= 0.6 is 0 Å². The maximum absolute atomic E-state index is 11.4. The van der Waals surface area contributed by atoms with Crippen molar-refractivity contribution >= 4 is 11.9 Å². The van der Waals surface area contributed by atoms with Gasteiger partial charge in [-0.3, -0.25) is 4.79 Å². The zero-order valence-corrected chi connectivity index (χ0v) is 11.7. The third-order valence-electron chi connectivity index (χ3n) is 2.76. The van der Waals surface area contributed by atoms with Crippen molar-refractivity contribution in [1.82, 2.24) is 5.32 Å². The average Bonchev–Trinajstić information content (AvgIpc) is 2.25. The topological polar surface area (TPSA) is 76.7 Å². The fourth-order valence-corrected chi connectivity index (χ4v) is 2.03. The molecule has 0 bridgehead atoms. The summed E-state index contributed by atoms with van der Waals surface area (Å²) in [7, 11) is 0. The Kier molecular flexibility index (Phi) is 5.44. The van der Waals surface area contributed by atoms with Crippen LogP contribution in [-0.2, 0) is 9.53 Å². The van der Waals surface area contributed by atoms with Gasteiger partial charge in [-0.05, 0) is 33.6 Å². The van der Waals surface area contributed by atoms with E-state index in [1.54, 1.807) is 0 Å². The number of carbonyl (C=O) groups is 1. The molecule has 0 amide bonds. The van der Waals surface area contributed by atoms with Crippen LogP contribution in [0.4, 0.5) is 0 Å². The number of guanidine groups is 1. The van der Waals surface area contributed by atoms with E-state index in [1.807, 2.05) is 20.8 Å². The summed E-state index contributed by atoms with van der Waals surface area (Å²) in [4.78, 5) is 15.5. The third kappa shape index (κ3) is 6.47. The molecule has 0 aliphatic heterocycles. The monoisotopic (exact) mass is 255 g/mol. The van der Waals surface area contributed by atoms with E-state index in [2.05, 4.69) is 10.3 Å². The molecule has 0 aromatic heterocycles. The molecule has 18 heavy (non-hydrogen) atoms. The highest BCUT2D eigenvalue weighted by Gasteiger charge is 2.16. The minimum atomic E-state index is -0.474. The summed E-state index contributed by atoms with van der Waals surface area (Å²) in [5.41, 5.74) is 5.27. The summed E-state index contributed by atoms with van der Waals surface area (Å²) in [5.74, 6) is -0.0105. The molecule has 5 heteroatoms. The standard InChI is InChI=1S/C13H25N3O2/c1-13(2,3)18-11(17)9-15-12(14)16-10-7-5-4-6-8-10/h10H,4-9H2,1-3H3,(H3,14,15,16). The zero-order chi connectivity index (χ0) is 13.6. The van der Waals surface area contributed by atoms with Crippen LogP contribution in [-0.4, -0.2) is 30.1 Å². The van der Waals surface area contributed by atoms with Gasteiger partial charge in [-0.15, -0.1) is 0 Å². The summed E-state index contributed by atoms with van der Waals surface area (Å²) in [6.07, 6.45) is 6.02. The highest BCUT2D eigenvalue weighted by molar-refractivity contribution is 5.81. The van der Waals surface area contributed by atoms with Crippen LogP contribution in [0, 0.1) is 0 Å². The number of esters is 1. The lowest BCUT2D eigenvalue weighted by Crippen LogP contribution is -2.41. The molecule has 104 valence electrons. The molecule has 1 saturated carbocycles. The predicted octanol–water partition coefficient (Wildman–Crippen LogP) is 1.57. The third-order valence-corrected chi connectivity index (χ3v) is 2.76. The summed E-state index contributed by atoms with van der Waals surface area (Å²) in [5, 5.41) is 3.16. The Hall–Kier alpha value is -1.26. The first-order valence-electron chi connectivity index (χ1n) is 6.65. The lowest BCUT2D eigenvalue weighted by atomic mass is 9.96. The molecule has 0 unspecified atom stereocenters. The molecule has 0 radical (unpaired) electrons. The van der Waals surface area contributed by atoms with E-state index in [1.165, 1.54) is 19.3 Å². The lowest BCUT2D eigenvalue weighted by molar-refractivity contribution is -0.152. The number of nitrogens with two attached hydrogens (primary N) is 1. The van der Waals surface area contributed by atoms with Gasteiger partial charge in [-0.2, -0.15) is 0 Å². The van der Waals surface area contributed by atoms with Crippen LogP contribution in [0.1, 0.15) is 52.9 Å². The van der Waals surface area contributed by atoms with Gasteiger partial charge >= 0.3 is 5.97 Å². The van der Waals surface area contributed by atoms with Gasteiger partial charge in [0.15, 0.2) is 5.96 Å². The zero-order valence-electron chi connectivity index (χ0n) is 11.7. The van der Waals surface area contributed by atoms with Crippen molar-refractivity contribution in [1.29, 1.82) is 0 Å². The van der Waals surface area contributed by atoms with E-state index in [9.17, 15) is 4.79 Å². The van der Waals surface area contributed by atoms with Gasteiger partial charge in [0.05, 0.1) is 0 Å². The van der Waals surface area contributed by atoms with Crippen molar-refractivity contribution in [2.45, 2.75) is 64.5 Å². The van der Waals surface area contributed by atoms with Gasteiger partial charge in [-0.1, -0.05) is 19.3 Å². The second kappa shape index (κ2) is 6.61. The van der Waals surface area contributed by atoms with Crippen molar-refractivity contribution in [3.8, 4) is 0 Å². The fourth-order valence-electron chi connectivity index (χ4n) is 2.03. The first-order valence-corrected chi connectivity index (χ1v) is 6.65. The first kappa shape index (κ1) is 14.8. The van der Waals surface area contributed by atoms with E-state index in [0.29, 0.717) is 12.0 Å². The Morgan fingerprint density at radius 1 is 1.33 bits per heavy atom. The van der Waals surface area contributed by atoms with Crippen molar-refractivity contribution in [3.05, 3.63) is 0 Å². The van der Waals surface area contributed by atoms with Crippen LogP contribution in [0.25, 0.3) is 0 Å². The molecule has 0 heterocycles. The second-order valence-corrected chi connectivity index (χ2v) is 5.77. The maximum atomic E-state index is 11.4. The van der Waals surface area contributed by atoms with E-state index in [0.717, 1.165) is 12.8 Å². The van der Waals surface area contributed by atoms with Crippen molar-refractivity contribution in [2.75, 3.05) is 6.54 Å². The highest BCUT2D eigenvalue weighted by Crippen LogP contribution is 2.16. The molecule has 3 N–H and O–H groups in total. The summed E-state index contributed by atoms with van der Waals surface area (Å²) >= 11 is 0. The van der Waals surface area contributed by atoms with Gasteiger partial charge in [0.25, 0.3) is 0 Å². The number of aliphatic imine (C=N–C) groups is 1.